The molecule has 0 bridgehead atoms. The third-order valence-corrected chi connectivity index (χ3v) is 6.94. The van der Waals surface area contributed by atoms with Gasteiger partial charge in [0.2, 0.25) is 21.1 Å². The van der Waals surface area contributed by atoms with E-state index in [-0.39, 0.29) is 15.9 Å². The van der Waals surface area contributed by atoms with Crippen LogP contribution in [-0.4, -0.2) is 44.8 Å². The van der Waals surface area contributed by atoms with Gasteiger partial charge in [-0.25, -0.2) is 8.42 Å². The number of hydrogen-bond donors (Lipinski definition) is 2. The molecule has 0 saturated carbocycles. The maximum atomic E-state index is 12.9. The summed E-state index contributed by atoms with van der Waals surface area (Å²) < 4.78 is 38.2. The average molecular weight is 477 g/mol. The van der Waals surface area contributed by atoms with Crippen LogP contribution in [0.1, 0.15) is 13.8 Å². The summed E-state index contributed by atoms with van der Waals surface area (Å²) in [6, 6.07) is 12.2. The Morgan fingerprint density at radius 3 is 2.03 bits per heavy atom. The Balaban J connectivity index is 1.73. The lowest BCUT2D eigenvalue weighted by Gasteiger charge is -2.21. The molecule has 1 aromatic heterocycles. The Morgan fingerprint density at radius 2 is 1.50 bits per heavy atom. The van der Waals surface area contributed by atoms with E-state index in [1.54, 1.807) is 45.2 Å². The molecule has 1 unspecified atom stereocenters. The van der Waals surface area contributed by atoms with Crippen molar-refractivity contribution in [2.24, 2.45) is 5.92 Å². The normalized spacial score (nSPS) is 12.4. The zero-order valence-electron chi connectivity index (χ0n) is 18.0. The minimum absolute atomic E-state index is 0.0365. The molecule has 0 aliphatic rings. The molecule has 0 saturated heterocycles. The minimum Gasteiger partial charge on any atom is -0.497 e. The standard InChI is InChI=1S/C21H24N4O5S2/c1-13(2)18(25-32(27,28)17-11-9-16(30-4)10-12-17)19(26)22-21-24-23-20(31-21)14-5-7-15(29-3)8-6-14/h5-13,18,25H,1-4H3,(H,22,24,26). The van der Waals surface area contributed by atoms with Crippen LogP contribution in [0.3, 0.4) is 0 Å². The van der Waals surface area contributed by atoms with Crippen LogP contribution in [0.2, 0.25) is 0 Å². The number of nitrogens with one attached hydrogen (secondary N) is 2. The molecule has 2 aromatic carbocycles. The Morgan fingerprint density at radius 1 is 0.938 bits per heavy atom. The van der Waals surface area contributed by atoms with Gasteiger partial charge >= 0.3 is 0 Å². The number of methoxy groups -OCH3 is 2. The topological polar surface area (TPSA) is 120 Å². The molecule has 1 atom stereocenters. The lowest BCUT2D eigenvalue weighted by atomic mass is 10.1. The van der Waals surface area contributed by atoms with Crippen LogP contribution in [0.4, 0.5) is 5.13 Å². The first-order chi connectivity index (χ1) is 15.2. The summed E-state index contributed by atoms with van der Waals surface area (Å²) in [6.07, 6.45) is 0. The van der Waals surface area contributed by atoms with E-state index < -0.39 is 22.0 Å². The summed E-state index contributed by atoms with van der Waals surface area (Å²) in [5.74, 6) is 0.424. The average Bonchev–Trinajstić information content (AvgIpc) is 3.25. The van der Waals surface area contributed by atoms with E-state index in [0.29, 0.717) is 10.8 Å². The van der Waals surface area contributed by atoms with E-state index >= 15 is 0 Å². The van der Waals surface area contributed by atoms with E-state index in [1.807, 2.05) is 12.1 Å². The van der Waals surface area contributed by atoms with Crippen molar-refractivity contribution in [3.05, 3.63) is 48.5 Å². The van der Waals surface area contributed by atoms with Gasteiger partial charge in [-0.05, 0) is 54.4 Å². The lowest BCUT2D eigenvalue weighted by molar-refractivity contribution is -0.118. The van der Waals surface area contributed by atoms with Crippen LogP contribution in [0.5, 0.6) is 11.5 Å². The predicted octanol–water partition coefficient (Wildman–Crippen LogP) is 3.16. The third-order valence-electron chi connectivity index (χ3n) is 4.59. The molecule has 170 valence electrons. The lowest BCUT2D eigenvalue weighted by Crippen LogP contribution is -2.47. The van der Waals surface area contributed by atoms with Gasteiger partial charge in [-0.15, -0.1) is 10.2 Å². The molecule has 2 N–H and O–H groups in total. The second-order valence-electron chi connectivity index (χ2n) is 7.15. The van der Waals surface area contributed by atoms with Crippen molar-refractivity contribution in [2.75, 3.05) is 19.5 Å². The summed E-state index contributed by atoms with van der Waals surface area (Å²) in [4.78, 5) is 12.9. The zero-order chi connectivity index (χ0) is 23.3. The van der Waals surface area contributed by atoms with Gasteiger partial charge in [0, 0.05) is 5.56 Å². The first kappa shape index (κ1) is 23.6. The van der Waals surface area contributed by atoms with Gasteiger partial charge in [0.15, 0.2) is 0 Å². The number of amides is 1. The number of nitrogens with zero attached hydrogens (tertiary/aromatic N) is 2. The molecular weight excluding hydrogens is 452 g/mol. The molecule has 0 fully saturated rings. The quantitative estimate of drug-likeness (QED) is 0.487. The highest BCUT2D eigenvalue weighted by Crippen LogP contribution is 2.28. The second-order valence-corrected chi connectivity index (χ2v) is 9.84. The molecule has 3 rings (SSSR count). The van der Waals surface area contributed by atoms with Crippen molar-refractivity contribution in [3.8, 4) is 22.1 Å². The number of carbonyl (C=O) groups excluding carboxylic acids is 1. The minimum atomic E-state index is -3.92. The Kier molecular flexibility index (Phi) is 7.44. The number of rotatable bonds is 9. The van der Waals surface area contributed by atoms with E-state index in [1.165, 1.54) is 30.6 Å². The molecule has 11 heteroatoms. The molecule has 1 heterocycles. The Labute approximate surface area is 190 Å². The summed E-state index contributed by atoms with van der Waals surface area (Å²) >= 11 is 1.19. The highest BCUT2D eigenvalue weighted by Gasteiger charge is 2.29. The Hall–Kier alpha value is -3.02. The van der Waals surface area contributed by atoms with Gasteiger partial charge in [0.25, 0.3) is 0 Å². The van der Waals surface area contributed by atoms with Crippen molar-refractivity contribution in [2.45, 2.75) is 24.8 Å². The fourth-order valence-corrected chi connectivity index (χ4v) is 4.89. The van der Waals surface area contributed by atoms with Crippen LogP contribution in [0.15, 0.2) is 53.4 Å². The molecule has 0 radical (unpaired) electrons. The highest BCUT2D eigenvalue weighted by atomic mass is 32.2. The Bertz CT molecular complexity index is 1160. The number of sulfonamides is 1. The number of hydrogen-bond acceptors (Lipinski definition) is 8. The molecule has 1 amide bonds. The molecule has 0 spiro atoms. The summed E-state index contributed by atoms with van der Waals surface area (Å²) in [5, 5.41) is 11.7. The van der Waals surface area contributed by atoms with Crippen molar-refractivity contribution in [1.29, 1.82) is 0 Å². The smallest absolute Gasteiger partial charge is 0.244 e. The van der Waals surface area contributed by atoms with Crippen LogP contribution in [0.25, 0.3) is 10.6 Å². The predicted molar refractivity (Wildman–Crippen MR) is 122 cm³/mol. The number of aromatic nitrogens is 2. The van der Waals surface area contributed by atoms with Crippen molar-refractivity contribution in [1.82, 2.24) is 14.9 Å². The van der Waals surface area contributed by atoms with E-state index in [0.717, 1.165) is 11.3 Å². The summed E-state index contributed by atoms with van der Waals surface area (Å²) in [5.41, 5.74) is 0.824. The number of benzene rings is 2. The summed E-state index contributed by atoms with van der Waals surface area (Å²) in [6.45, 7) is 3.51. The molecule has 0 aliphatic heterocycles. The molecule has 0 aliphatic carbocycles. The molecule has 9 nitrogen and oxygen atoms in total. The monoisotopic (exact) mass is 476 g/mol. The highest BCUT2D eigenvalue weighted by molar-refractivity contribution is 7.89. The molecule has 32 heavy (non-hydrogen) atoms. The first-order valence-electron chi connectivity index (χ1n) is 9.68. The third kappa shape index (κ3) is 5.61. The van der Waals surface area contributed by atoms with E-state index in [2.05, 4.69) is 20.2 Å². The maximum Gasteiger partial charge on any atom is 0.244 e. The number of anilines is 1. The largest absolute Gasteiger partial charge is 0.497 e. The van der Waals surface area contributed by atoms with Gasteiger partial charge in [-0.3, -0.25) is 10.1 Å². The molecule has 3 aromatic rings. The van der Waals surface area contributed by atoms with Crippen molar-refractivity contribution >= 4 is 32.4 Å². The number of carbonyl (C=O) groups is 1. The number of ether oxygens (including phenoxy) is 2. The fourth-order valence-electron chi connectivity index (χ4n) is 2.79. The SMILES string of the molecule is COc1ccc(-c2nnc(NC(=O)C(NS(=O)(=O)c3ccc(OC)cc3)C(C)C)s2)cc1. The van der Waals surface area contributed by atoms with Gasteiger partial charge in [-0.1, -0.05) is 25.2 Å². The van der Waals surface area contributed by atoms with Gasteiger partial charge in [0.05, 0.1) is 19.1 Å². The van der Waals surface area contributed by atoms with E-state index in [9.17, 15) is 13.2 Å². The van der Waals surface area contributed by atoms with Gasteiger partial charge in [-0.2, -0.15) is 4.72 Å². The van der Waals surface area contributed by atoms with Crippen LogP contribution >= 0.6 is 11.3 Å². The second kappa shape index (κ2) is 10.1. The zero-order valence-corrected chi connectivity index (χ0v) is 19.7. The fraction of sp³-hybridized carbons (Fsp3) is 0.286. The van der Waals surface area contributed by atoms with Gasteiger partial charge < -0.3 is 9.47 Å². The van der Waals surface area contributed by atoms with Crippen molar-refractivity contribution < 1.29 is 22.7 Å². The van der Waals surface area contributed by atoms with Crippen LogP contribution in [-0.2, 0) is 14.8 Å². The first-order valence-corrected chi connectivity index (χ1v) is 12.0. The summed E-state index contributed by atoms with van der Waals surface area (Å²) in [7, 11) is -0.843. The van der Waals surface area contributed by atoms with E-state index in [4.69, 9.17) is 9.47 Å². The van der Waals surface area contributed by atoms with Crippen LogP contribution < -0.4 is 19.5 Å². The molecular formula is C21H24N4O5S2. The maximum absolute atomic E-state index is 12.9. The van der Waals surface area contributed by atoms with Crippen LogP contribution in [0, 0.1) is 5.92 Å². The van der Waals surface area contributed by atoms with Crippen molar-refractivity contribution in [3.63, 3.8) is 0 Å². The van der Waals surface area contributed by atoms with Gasteiger partial charge in [0.1, 0.15) is 22.5 Å².